The van der Waals surface area contributed by atoms with E-state index >= 15 is 0 Å². The van der Waals surface area contributed by atoms with Gasteiger partial charge in [0.05, 0.1) is 6.20 Å². The minimum absolute atomic E-state index is 0.461. The van der Waals surface area contributed by atoms with Crippen molar-refractivity contribution in [3.8, 4) is 0 Å². The molecule has 2 N–H and O–H groups in total. The molecular formula is C11H11N3O. The Balaban J connectivity index is 0.000000151. The first kappa shape index (κ1) is 10.8. The Bertz CT molecular complexity index is 389. The second-order valence-corrected chi connectivity index (χ2v) is 2.66. The predicted molar refractivity (Wildman–Crippen MR) is 58.3 cm³/mol. The van der Waals surface area contributed by atoms with E-state index in [-0.39, 0.29) is 0 Å². The maximum absolute atomic E-state index is 10.0. The van der Waals surface area contributed by atoms with Crippen LogP contribution in [0.25, 0.3) is 0 Å². The Morgan fingerprint density at radius 3 is 2.20 bits per heavy atom. The number of carbonyl (C=O) groups is 1. The number of rotatable bonds is 1. The fraction of sp³-hybridized carbons (Fsp3) is 0. The summed E-state index contributed by atoms with van der Waals surface area (Å²) in [4.78, 5) is 17.4. The van der Waals surface area contributed by atoms with Crippen LogP contribution < -0.4 is 5.73 Å². The summed E-state index contributed by atoms with van der Waals surface area (Å²) in [6.45, 7) is 0. The highest BCUT2D eigenvalue weighted by atomic mass is 16.1. The van der Waals surface area contributed by atoms with E-state index in [0.717, 1.165) is 11.8 Å². The van der Waals surface area contributed by atoms with Crippen LogP contribution in [0.2, 0.25) is 0 Å². The number of nitrogens with zero attached hydrogens (tertiary/aromatic N) is 2. The van der Waals surface area contributed by atoms with Crippen LogP contribution in [-0.4, -0.2) is 16.3 Å². The number of carbonyl (C=O) groups excluding carboxylic acids is 1. The minimum Gasteiger partial charge on any atom is -0.382 e. The number of aromatic nitrogens is 2. The van der Waals surface area contributed by atoms with E-state index in [1.165, 1.54) is 6.20 Å². The van der Waals surface area contributed by atoms with E-state index in [0.29, 0.717) is 5.82 Å². The Morgan fingerprint density at radius 2 is 1.87 bits per heavy atom. The molecule has 0 aliphatic rings. The van der Waals surface area contributed by atoms with Crippen molar-refractivity contribution in [3.63, 3.8) is 0 Å². The normalized spacial score (nSPS) is 8.53. The van der Waals surface area contributed by atoms with Gasteiger partial charge in [0, 0.05) is 18.0 Å². The quantitative estimate of drug-likeness (QED) is 0.711. The molecule has 1 aromatic heterocycles. The monoisotopic (exact) mass is 201 g/mol. The van der Waals surface area contributed by atoms with Crippen molar-refractivity contribution in [2.45, 2.75) is 0 Å². The van der Waals surface area contributed by atoms with Crippen LogP contribution in [0.15, 0.2) is 48.9 Å². The average molecular weight is 201 g/mol. The molecule has 15 heavy (non-hydrogen) atoms. The zero-order valence-corrected chi connectivity index (χ0v) is 8.08. The lowest BCUT2D eigenvalue weighted by Gasteiger charge is -1.82. The third-order valence-corrected chi connectivity index (χ3v) is 1.52. The molecule has 0 bridgehead atoms. The Kier molecular flexibility index (Phi) is 4.53. The summed E-state index contributed by atoms with van der Waals surface area (Å²) in [6.07, 6.45) is 5.46. The van der Waals surface area contributed by atoms with Crippen LogP contribution in [0, 0.1) is 0 Å². The van der Waals surface area contributed by atoms with E-state index in [4.69, 9.17) is 5.73 Å². The third kappa shape index (κ3) is 4.52. The molecule has 0 radical (unpaired) electrons. The Morgan fingerprint density at radius 1 is 1.13 bits per heavy atom. The molecule has 1 aromatic carbocycles. The number of nitrogen functional groups attached to an aromatic ring is 1. The summed E-state index contributed by atoms with van der Waals surface area (Å²) in [5.74, 6) is 0.461. The van der Waals surface area contributed by atoms with Gasteiger partial charge in [-0.05, 0) is 0 Å². The Labute approximate surface area is 87.8 Å². The maximum Gasteiger partial charge on any atom is 0.150 e. The minimum atomic E-state index is 0.461. The molecule has 0 aliphatic heterocycles. The number of anilines is 1. The summed E-state index contributed by atoms with van der Waals surface area (Å²) in [5.41, 5.74) is 5.91. The van der Waals surface area contributed by atoms with Crippen LogP contribution in [0.5, 0.6) is 0 Å². The van der Waals surface area contributed by atoms with Gasteiger partial charge >= 0.3 is 0 Å². The van der Waals surface area contributed by atoms with Crippen molar-refractivity contribution < 1.29 is 4.79 Å². The van der Waals surface area contributed by atoms with E-state index in [2.05, 4.69) is 9.97 Å². The van der Waals surface area contributed by atoms with Crippen LogP contribution in [0.1, 0.15) is 10.4 Å². The van der Waals surface area contributed by atoms with Gasteiger partial charge in [-0.25, -0.2) is 4.98 Å². The molecule has 0 saturated heterocycles. The van der Waals surface area contributed by atoms with Crippen LogP contribution in [-0.2, 0) is 0 Å². The molecular weight excluding hydrogens is 190 g/mol. The first-order valence-corrected chi connectivity index (χ1v) is 4.34. The first-order valence-electron chi connectivity index (χ1n) is 4.34. The number of nitrogens with two attached hydrogens (primary N) is 1. The third-order valence-electron chi connectivity index (χ3n) is 1.52. The van der Waals surface area contributed by atoms with E-state index in [1.807, 2.05) is 18.2 Å². The van der Waals surface area contributed by atoms with Gasteiger partial charge in [-0.3, -0.25) is 9.78 Å². The average Bonchev–Trinajstić information content (AvgIpc) is 2.32. The molecule has 4 heteroatoms. The van der Waals surface area contributed by atoms with E-state index in [1.54, 1.807) is 24.5 Å². The highest BCUT2D eigenvalue weighted by molar-refractivity contribution is 5.74. The zero-order chi connectivity index (χ0) is 10.9. The van der Waals surface area contributed by atoms with Crippen LogP contribution in [0.3, 0.4) is 0 Å². The molecule has 1 heterocycles. The summed E-state index contributed by atoms with van der Waals surface area (Å²) >= 11 is 0. The van der Waals surface area contributed by atoms with Gasteiger partial charge in [0.25, 0.3) is 0 Å². The second kappa shape index (κ2) is 6.26. The first-order chi connectivity index (χ1) is 7.33. The fourth-order valence-electron chi connectivity index (χ4n) is 0.842. The summed E-state index contributed by atoms with van der Waals surface area (Å²) in [6, 6.07) is 9.10. The highest BCUT2D eigenvalue weighted by Crippen LogP contribution is 1.91. The topological polar surface area (TPSA) is 68.9 Å². The lowest BCUT2D eigenvalue weighted by atomic mass is 10.2. The summed E-state index contributed by atoms with van der Waals surface area (Å²) in [5, 5.41) is 0. The SMILES string of the molecule is Nc1cnccn1.O=Cc1ccccc1. The molecule has 0 fully saturated rings. The van der Waals surface area contributed by atoms with Crippen molar-refractivity contribution in [1.29, 1.82) is 0 Å². The molecule has 4 nitrogen and oxygen atoms in total. The van der Waals surface area contributed by atoms with Gasteiger partial charge < -0.3 is 5.73 Å². The lowest BCUT2D eigenvalue weighted by Crippen LogP contribution is -1.87. The predicted octanol–water partition coefficient (Wildman–Crippen LogP) is 1.56. The standard InChI is InChI=1S/C7H6O.C4H5N3/c8-6-7-4-2-1-3-5-7;5-4-3-6-1-2-7-4/h1-6H;1-3H,(H2,5,7). The van der Waals surface area contributed by atoms with Gasteiger partial charge in [0.2, 0.25) is 0 Å². The zero-order valence-electron chi connectivity index (χ0n) is 8.08. The summed E-state index contributed by atoms with van der Waals surface area (Å²) in [7, 11) is 0. The van der Waals surface area contributed by atoms with Crippen molar-refractivity contribution in [2.24, 2.45) is 0 Å². The molecule has 0 atom stereocenters. The Hall–Kier alpha value is -2.23. The van der Waals surface area contributed by atoms with Crippen molar-refractivity contribution in [3.05, 3.63) is 54.5 Å². The van der Waals surface area contributed by atoms with Crippen LogP contribution in [0.4, 0.5) is 5.82 Å². The molecule has 76 valence electrons. The molecule has 0 amide bonds. The number of aldehydes is 1. The van der Waals surface area contributed by atoms with Gasteiger partial charge in [-0.1, -0.05) is 30.3 Å². The van der Waals surface area contributed by atoms with Crippen molar-refractivity contribution >= 4 is 12.1 Å². The molecule has 2 rings (SSSR count). The van der Waals surface area contributed by atoms with Gasteiger partial charge in [0.15, 0.2) is 0 Å². The van der Waals surface area contributed by atoms with Crippen molar-refractivity contribution in [2.75, 3.05) is 5.73 Å². The molecule has 0 saturated carbocycles. The molecule has 0 unspecified atom stereocenters. The van der Waals surface area contributed by atoms with Gasteiger partial charge in [-0.2, -0.15) is 0 Å². The van der Waals surface area contributed by atoms with Gasteiger partial charge in [-0.15, -0.1) is 0 Å². The highest BCUT2D eigenvalue weighted by Gasteiger charge is 1.80. The number of hydrogen-bond acceptors (Lipinski definition) is 4. The second-order valence-electron chi connectivity index (χ2n) is 2.66. The number of benzene rings is 1. The summed E-state index contributed by atoms with van der Waals surface area (Å²) < 4.78 is 0. The van der Waals surface area contributed by atoms with E-state index < -0.39 is 0 Å². The van der Waals surface area contributed by atoms with Crippen LogP contribution >= 0.6 is 0 Å². The number of hydrogen-bond donors (Lipinski definition) is 1. The maximum atomic E-state index is 10.0. The molecule has 2 aromatic rings. The van der Waals surface area contributed by atoms with E-state index in [9.17, 15) is 4.79 Å². The largest absolute Gasteiger partial charge is 0.382 e. The van der Waals surface area contributed by atoms with Crippen molar-refractivity contribution in [1.82, 2.24) is 9.97 Å². The fourth-order valence-corrected chi connectivity index (χ4v) is 0.842. The molecule has 0 aliphatic carbocycles. The van der Waals surface area contributed by atoms with Gasteiger partial charge in [0.1, 0.15) is 12.1 Å². The molecule has 0 spiro atoms. The smallest absolute Gasteiger partial charge is 0.150 e. The lowest BCUT2D eigenvalue weighted by molar-refractivity contribution is 0.112.